The highest BCUT2D eigenvalue weighted by Crippen LogP contribution is 2.18. The summed E-state index contributed by atoms with van der Waals surface area (Å²) in [4.78, 5) is 3.68. The van der Waals surface area contributed by atoms with Gasteiger partial charge in [-0.15, -0.1) is 0 Å². The van der Waals surface area contributed by atoms with Crippen molar-refractivity contribution >= 4 is 27.3 Å². The molecule has 0 bridgehead atoms. The second kappa shape index (κ2) is 4.18. The van der Waals surface area contributed by atoms with E-state index in [9.17, 15) is 8.42 Å². The van der Waals surface area contributed by atoms with Crippen LogP contribution in [0.15, 0.2) is 34.7 Å². The van der Waals surface area contributed by atoms with Crippen molar-refractivity contribution in [3.05, 3.63) is 35.9 Å². The molecule has 0 radical (unpaired) electrons. The summed E-state index contributed by atoms with van der Waals surface area (Å²) in [5, 5.41) is 0. The molecule has 2 aromatic rings. The monoisotopic (exact) mass is 255 g/mol. The molecule has 0 amide bonds. The Bertz CT molecular complexity index is 578. The van der Waals surface area contributed by atoms with Crippen molar-refractivity contribution in [1.29, 1.82) is 0 Å². The number of aromatic nitrogens is 2. The van der Waals surface area contributed by atoms with E-state index in [2.05, 4.69) is 9.36 Å². The van der Waals surface area contributed by atoms with Gasteiger partial charge in [0.15, 0.2) is 0 Å². The smallest absolute Gasteiger partial charge is 0.233 e. The number of rotatable bonds is 3. The Hall–Kier alpha value is -1.47. The molecule has 0 aliphatic heterocycles. The van der Waals surface area contributed by atoms with Crippen LogP contribution in [-0.4, -0.2) is 17.8 Å². The van der Waals surface area contributed by atoms with Gasteiger partial charge in [0, 0.05) is 11.5 Å². The van der Waals surface area contributed by atoms with Gasteiger partial charge < -0.3 is 5.73 Å². The molecule has 5 nitrogen and oxygen atoms in total. The SMILES string of the molecule is Nc1nsc(S(=O)(=O)Cc2ccccc2)n1. The molecule has 16 heavy (non-hydrogen) atoms. The van der Waals surface area contributed by atoms with E-state index in [4.69, 9.17) is 5.73 Å². The standard InChI is InChI=1S/C9H9N3O2S2/c10-8-11-9(15-12-8)16(13,14)6-7-4-2-1-3-5-7/h1-5H,6H2,(H2,10,12). The molecule has 0 fully saturated rings. The maximum atomic E-state index is 11.9. The van der Waals surface area contributed by atoms with Gasteiger partial charge in [0.05, 0.1) is 5.75 Å². The van der Waals surface area contributed by atoms with Crippen LogP contribution < -0.4 is 5.73 Å². The van der Waals surface area contributed by atoms with Crippen LogP contribution in [0, 0.1) is 0 Å². The Balaban J connectivity index is 2.28. The molecular weight excluding hydrogens is 246 g/mol. The molecule has 84 valence electrons. The number of benzene rings is 1. The molecule has 0 atom stereocenters. The second-order valence-corrected chi connectivity index (χ2v) is 6.08. The molecule has 0 aliphatic carbocycles. The highest BCUT2D eigenvalue weighted by Gasteiger charge is 2.19. The summed E-state index contributed by atoms with van der Waals surface area (Å²) in [5.74, 6) is -0.0840. The van der Waals surface area contributed by atoms with Crippen LogP contribution in [0.3, 0.4) is 0 Å². The lowest BCUT2D eigenvalue weighted by atomic mass is 10.2. The third-order valence-corrected chi connectivity index (χ3v) is 4.74. The molecule has 0 saturated heterocycles. The van der Waals surface area contributed by atoms with Crippen molar-refractivity contribution < 1.29 is 8.42 Å². The van der Waals surface area contributed by atoms with Crippen molar-refractivity contribution in [3.8, 4) is 0 Å². The summed E-state index contributed by atoms with van der Waals surface area (Å²) in [7, 11) is -3.43. The summed E-state index contributed by atoms with van der Waals surface area (Å²) in [6.07, 6.45) is 0. The van der Waals surface area contributed by atoms with Crippen LogP contribution in [0.4, 0.5) is 5.95 Å². The van der Waals surface area contributed by atoms with E-state index in [0.717, 1.165) is 17.1 Å². The maximum Gasteiger partial charge on any atom is 0.233 e. The van der Waals surface area contributed by atoms with Gasteiger partial charge in [-0.3, -0.25) is 0 Å². The van der Waals surface area contributed by atoms with E-state index in [1.807, 2.05) is 6.07 Å². The number of nitrogens with two attached hydrogens (primary N) is 1. The largest absolute Gasteiger partial charge is 0.367 e. The third-order valence-electron chi connectivity index (χ3n) is 1.89. The number of hydrogen-bond donors (Lipinski definition) is 1. The summed E-state index contributed by atoms with van der Waals surface area (Å²) in [5.41, 5.74) is 6.01. The molecule has 1 heterocycles. The Morgan fingerprint density at radius 2 is 1.94 bits per heavy atom. The van der Waals surface area contributed by atoms with Crippen LogP contribution in [0.25, 0.3) is 0 Å². The molecule has 0 unspecified atom stereocenters. The first-order valence-corrected chi connectivity index (χ1v) is 6.86. The number of sulfone groups is 1. The van der Waals surface area contributed by atoms with Gasteiger partial charge in [0.2, 0.25) is 20.1 Å². The average molecular weight is 255 g/mol. The molecule has 0 aliphatic rings. The average Bonchev–Trinajstić information content (AvgIpc) is 2.66. The first kappa shape index (κ1) is 11.0. The predicted molar refractivity (Wildman–Crippen MR) is 61.7 cm³/mol. The fourth-order valence-electron chi connectivity index (χ4n) is 1.20. The Morgan fingerprint density at radius 3 is 2.50 bits per heavy atom. The highest BCUT2D eigenvalue weighted by molar-refractivity contribution is 7.92. The molecule has 0 spiro atoms. The topological polar surface area (TPSA) is 85.9 Å². The minimum atomic E-state index is -3.43. The van der Waals surface area contributed by atoms with Crippen molar-refractivity contribution in [2.75, 3.05) is 5.73 Å². The quantitative estimate of drug-likeness (QED) is 0.887. The number of nitrogen functional groups attached to an aromatic ring is 1. The molecule has 0 saturated carbocycles. The molecule has 1 aromatic heterocycles. The van der Waals surface area contributed by atoms with Crippen LogP contribution >= 0.6 is 11.5 Å². The van der Waals surface area contributed by atoms with E-state index in [-0.39, 0.29) is 16.0 Å². The molecular formula is C9H9N3O2S2. The van der Waals surface area contributed by atoms with Gasteiger partial charge in [0.1, 0.15) is 0 Å². The van der Waals surface area contributed by atoms with Gasteiger partial charge in [-0.05, 0) is 5.56 Å². The molecule has 2 N–H and O–H groups in total. The lowest BCUT2D eigenvalue weighted by Gasteiger charge is -1.99. The first-order valence-electron chi connectivity index (χ1n) is 4.44. The predicted octanol–water partition coefficient (Wildman–Crippen LogP) is 1.09. The highest BCUT2D eigenvalue weighted by atomic mass is 32.2. The van der Waals surface area contributed by atoms with Crippen LogP contribution in [0.5, 0.6) is 0 Å². The zero-order chi connectivity index (χ0) is 11.6. The first-order chi connectivity index (χ1) is 7.58. The van der Waals surface area contributed by atoms with Crippen LogP contribution in [0.1, 0.15) is 5.56 Å². The van der Waals surface area contributed by atoms with Crippen molar-refractivity contribution in [2.45, 2.75) is 10.1 Å². The summed E-state index contributed by atoms with van der Waals surface area (Å²) >= 11 is 0.802. The second-order valence-electron chi connectivity index (χ2n) is 3.16. The van der Waals surface area contributed by atoms with Gasteiger partial charge in [-0.2, -0.15) is 9.36 Å². The fourth-order valence-corrected chi connectivity index (χ4v) is 3.28. The lowest BCUT2D eigenvalue weighted by Crippen LogP contribution is -2.04. The maximum absolute atomic E-state index is 11.9. The van der Waals surface area contributed by atoms with Crippen LogP contribution in [-0.2, 0) is 15.6 Å². The zero-order valence-electron chi connectivity index (χ0n) is 8.20. The normalized spacial score (nSPS) is 11.5. The number of anilines is 1. The number of nitrogens with zero attached hydrogens (tertiary/aromatic N) is 2. The molecule has 7 heteroatoms. The minimum Gasteiger partial charge on any atom is -0.367 e. The van der Waals surface area contributed by atoms with E-state index in [1.54, 1.807) is 24.3 Å². The van der Waals surface area contributed by atoms with Gasteiger partial charge >= 0.3 is 0 Å². The van der Waals surface area contributed by atoms with Crippen molar-refractivity contribution in [3.63, 3.8) is 0 Å². The van der Waals surface area contributed by atoms with Crippen molar-refractivity contribution in [2.24, 2.45) is 0 Å². The van der Waals surface area contributed by atoms with Gasteiger partial charge in [-0.25, -0.2) is 8.42 Å². The minimum absolute atomic E-state index is 0.00311. The molecule has 1 aromatic carbocycles. The van der Waals surface area contributed by atoms with Gasteiger partial charge in [0.25, 0.3) is 0 Å². The fraction of sp³-hybridized carbons (Fsp3) is 0.111. The Kier molecular flexibility index (Phi) is 2.88. The van der Waals surface area contributed by atoms with E-state index in [0.29, 0.717) is 0 Å². The summed E-state index contributed by atoms with van der Waals surface area (Å²) in [6, 6.07) is 8.92. The Labute approximate surface area is 97.0 Å². The van der Waals surface area contributed by atoms with Gasteiger partial charge in [-0.1, -0.05) is 30.3 Å². The third kappa shape index (κ3) is 2.37. The van der Waals surface area contributed by atoms with E-state index >= 15 is 0 Å². The van der Waals surface area contributed by atoms with E-state index < -0.39 is 9.84 Å². The molecule has 2 rings (SSSR count). The summed E-state index contributed by atoms with van der Waals surface area (Å²) < 4.78 is 27.4. The summed E-state index contributed by atoms with van der Waals surface area (Å²) in [6.45, 7) is 0. The number of hydrogen-bond acceptors (Lipinski definition) is 6. The van der Waals surface area contributed by atoms with Crippen LogP contribution in [0.2, 0.25) is 0 Å². The van der Waals surface area contributed by atoms with E-state index in [1.165, 1.54) is 0 Å². The lowest BCUT2D eigenvalue weighted by molar-refractivity contribution is 0.594. The Morgan fingerprint density at radius 1 is 1.25 bits per heavy atom. The zero-order valence-corrected chi connectivity index (χ0v) is 9.83. The van der Waals surface area contributed by atoms with Crippen molar-refractivity contribution in [1.82, 2.24) is 9.36 Å².